The van der Waals surface area contributed by atoms with Crippen LogP contribution in [0.2, 0.25) is 0 Å². The van der Waals surface area contributed by atoms with Gasteiger partial charge in [-0.1, -0.05) is 33.6 Å². The van der Waals surface area contributed by atoms with E-state index in [0.29, 0.717) is 5.41 Å². The lowest BCUT2D eigenvalue weighted by Crippen LogP contribution is -2.30. The van der Waals surface area contributed by atoms with Gasteiger partial charge in [0.1, 0.15) is 0 Å². The van der Waals surface area contributed by atoms with Gasteiger partial charge in [-0.3, -0.25) is 0 Å². The predicted molar refractivity (Wildman–Crippen MR) is 59.8 cm³/mol. The topological polar surface area (TPSA) is 23.8 Å². The van der Waals surface area contributed by atoms with Gasteiger partial charge < -0.3 is 0 Å². The van der Waals surface area contributed by atoms with Crippen molar-refractivity contribution in [3.05, 3.63) is 0 Å². The average molecular weight is 193 g/mol. The van der Waals surface area contributed by atoms with Crippen LogP contribution in [0.3, 0.4) is 0 Å². The average Bonchev–Trinajstić information content (AvgIpc) is 2.18. The zero-order chi connectivity index (χ0) is 10.7. The molecule has 0 unspecified atom stereocenters. The molecule has 0 amide bonds. The molecule has 0 aromatic heterocycles. The second kappa shape index (κ2) is 4.34. The summed E-state index contributed by atoms with van der Waals surface area (Å²) in [4.78, 5) is 0. The predicted octanol–water partition coefficient (Wildman–Crippen LogP) is 4.29. The van der Waals surface area contributed by atoms with E-state index in [1.165, 1.54) is 25.7 Å². The van der Waals surface area contributed by atoms with Crippen molar-refractivity contribution >= 4 is 0 Å². The maximum absolute atomic E-state index is 9.29. The number of hydrogen-bond donors (Lipinski definition) is 0. The van der Waals surface area contributed by atoms with Crippen LogP contribution in [-0.4, -0.2) is 0 Å². The molecular formula is C13H23N. The molecule has 0 N–H and O–H groups in total. The lowest BCUT2D eigenvalue weighted by Gasteiger charge is -2.39. The first-order valence-corrected chi connectivity index (χ1v) is 5.95. The summed E-state index contributed by atoms with van der Waals surface area (Å²) in [6.45, 7) is 6.86. The monoisotopic (exact) mass is 193 g/mol. The molecule has 0 heterocycles. The molecule has 0 aromatic carbocycles. The summed E-state index contributed by atoms with van der Waals surface area (Å²) in [5, 5.41) is 9.29. The minimum atomic E-state index is 0.0333. The van der Waals surface area contributed by atoms with E-state index in [0.717, 1.165) is 19.3 Å². The largest absolute Gasteiger partial charge is 0.198 e. The highest BCUT2D eigenvalue weighted by atomic mass is 14.4. The summed E-state index contributed by atoms with van der Waals surface area (Å²) in [5.74, 6) is 0. The van der Waals surface area contributed by atoms with Crippen molar-refractivity contribution in [1.29, 1.82) is 5.26 Å². The Hall–Kier alpha value is -0.510. The van der Waals surface area contributed by atoms with Crippen molar-refractivity contribution in [3.63, 3.8) is 0 Å². The molecule has 1 rings (SSSR count). The van der Waals surface area contributed by atoms with Crippen molar-refractivity contribution in [2.45, 2.75) is 65.7 Å². The molecule has 80 valence electrons. The van der Waals surface area contributed by atoms with E-state index in [-0.39, 0.29) is 5.41 Å². The molecule has 1 aliphatic rings. The Bertz CT molecular complexity index is 212. The SMILES string of the molecule is CCCCC1(C#N)CCC(C)(C)CC1. The summed E-state index contributed by atoms with van der Waals surface area (Å²) in [6, 6.07) is 2.59. The van der Waals surface area contributed by atoms with Gasteiger partial charge in [-0.15, -0.1) is 0 Å². The number of nitrogens with zero attached hydrogens (tertiary/aromatic N) is 1. The van der Waals surface area contributed by atoms with Gasteiger partial charge >= 0.3 is 0 Å². The van der Waals surface area contributed by atoms with Gasteiger partial charge in [0.2, 0.25) is 0 Å². The quantitative estimate of drug-likeness (QED) is 0.656. The normalized spacial score (nSPS) is 24.1. The summed E-state index contributed by atoms with van der Waals surface area (Å²) in [7, 11) is 0. The van der Waals surface area contributed by atoms with Crippen LogP contribution in [0.25, 0.3) is 0 Å². The fourth-order valence-corrected chi connectivity index (χ4v) is 2.34. The van der Waals surface area contributed by atoms with Gasteiger partial charge in [-0.25, -0.2) is 0 Å². The van der Waals surface area contributed by atoms with Crippen molar-refractivity contribution < 1.29 is 0 Å². The van der Waals surface area contributed by atoms with Gasteiger partial charge in [0.25, 0.3) is 0 Å². The molecule has 1 saturated carbocycles. The molecular weight excluding hydrogens is 170 g/mol. The molecule has 0 radical (unpaired) electrons. The van der Waals surface area contributed by atoms with Gasteiger partial charge in [-0.2, -0.15) is 5.26 Å². The smallest absolute Gasteiger partial charge is 0.0689 e. The fourth-order valence-electron chi connectivity index (χ4n) is 2.34. The summed E-state index contributed by atoms with van der Waals surface area (Å²) >= 11 is 0. The third kappa shape index (κ3) is 2.74. The Morgan fingerprint density at radius 3 is 2.14 bits per heavy atom. The zero-order valence-electron chi connectivity index (χ0n) is 9.90. The lowest BCUT2D eigenvalue weighted by molar-refractivity contribution is 0.136. The molecule has 0 saturated heterocycles. The molecule has 0 aromatic rings. The Morgan fingerprint density at radius 1 is 1.14 bits per heavy atom. The van der Waals surface area contributed by atoms with Crippen LogP contribution in [0.5, 0.6) is 0 Å². The number of hydrogen-bond acceptors (Lipinski definition) is 1. The lowest BCUT2D eigenvalue weighted by atomic mass is 9.64. The van der Waals surface area contributed by atoms with Crippen LogP contribution in [0, 0.1) is 22.2 Å². The highest BCUT2D eigenvalue weighted by Crippen LogP contribution is 2.47. The third-order valence-electron chi connectivity index (χ3n) is 3.81. The standard InChI is InChI=1S/C13H23N/c1-4-5-6-13(11-14)9-7-12(2,3)8-10-13/h4-10H2,1-3H3. The minimum Gasteiger partial charge on any atom is -0.198 e. The molecule has 1 heteroatoms. The number of rotatable bonds is 3. The van der Waals surface area contributed by atoms with E-state index in [9.17, 15) is 5.26 Å². The van der Waals surface area contributed by atoms with Crippen LogP contribution >= 0.6 is 0 Å². The van der Waals surface area contributed by atoms with E-state index < -0.39 is 0 Å². The fraction of sp³-hybridized carbons (Fsp3) is 0.923. The maximum Gasteiger partial charge on any atom is 0.0689 e. The minimum absolute atomic E-state index is 0.0333. The van der Waals surface area contributed by atoms with Gasteiger partial charge in [0, 0.05) is 0 Å². The number of nitriles is 1. The third-order valence-corrected chi connectivity index (χ3v) is 3.81. The van der Waals surface area contributed by atoms with E-state index in [1.54, 1.807) is 0 Å². The second-order valence-corrected chi connectivity index (χ2v) is 5.66. The Kier molecular flexibility index (Phi) is 3.59. The Morgan fingerprint density at radius 2 is 1.71 bits per heavy atom. The first-order valence-electron chi connectivity index (χ1n) is 5.95. The van der Waals surface area contributed by atoms with Crippen molar-refractivity contribution in [2.24, 2.45) is 10.8 Å². The van der Waals surface area contributed by atoms with E-state index >= 15 is 0 Å². The van der Waals surface area contributed by atoms with Gasteiger partial charge in [-0.05, 0) is 37.5 Å². The molecule has 1 fully saturated rings. The molecule has 1 nitrogen and oxygen atoms in total. The highest BCUT2D eigenvalue weighted by Gasteiger charge is 2.37. The van der Waals surface area contributed by atoms with Crippen LogP contribution in [0.4, 0.5) is 0 Å². The van der Waals surface area contributed by atoms with Gasteiger partial charge in [0.05, 0.1) is 11.5 Å². The second-order valence-electron chi connectivity index (χ2n) is 5.66. The summed E-state index contributed by atoms with van der Waals surface area (Å²) in [5.41, 5.74) is 0.512. The summed E-state index contributed by atoms with van der Waals surface area (Å²) in [6.07, 6.45) is 8.25. The first kappa shape index (κ1) is 11.6. The van der Waals surface area contributed by atoms with Crippen molar-refractivity contribution in [3.8, 4) is 6.07 Å². The molecule has 0 bridgehead atoms. The van der Waals surface area contributed by atoms with Gasteiger partial charge in [0.15, 0.2) is 0 Å². The van der Waals surface area contributed by atoms with Crippen molar-refractivity contribution in [2.75, 3.05) is 0 Å². The Balaban J connectivity index is 2.54. The maximum atomic E-state index is 9.29. The van der Waals surface area contributed by atoms with Crippen LogP contribution in [-0.2, 0) is 0 Å². The Labute approximate surface area is 88.5 Å². The van der Waals surface area contributed by atoms with Crippen molar-refractivity contribution in [1.82, 2.24) is 0 Å². The van der Waals surface area contributed by atoms with E-state index in [4.69, 9.17) is 0 Å². The number of unbranched alkanes of at least 4 members (excludes halogenated alkanes) is 1. The van der Waals surface area contributed by atoms with Crippen LogP contribution in [0.1, 0.15) is 65.7 Å². The highest BCUT2D eigenvalue weighted by molar-refractivity contribution is 5.02. The molecule has 0 atom stereocenters. The van der Waals surface area contributed by atoms with E-state index in [2.05, 4.69) is 26.8 Å². The summed E-state index contributed by atoms with van der Waals surface area (Å²) < 4.78 is 0. The van der Waals surface area contributed by atoms with E-state index in [1.807, 2.05) is 0 Å². The molecule has 0 spiro atoms. The van der Waals surface area contributed by atoms with Crippen LogP contribution in [0.15, 0.2) is 0 Å². The zero-order valence-corrected chi connectivity index (χ0v) is 9.90. The molecule has 0 aliphatic heterocycles. The molecule has 14 heavy (non-hydrogen) atoms. The van der Waals surface area contributed by atoms with Crippen LogP contribution < -0.4 is 0 Å². The molecule has 1 aliphatic carbocycles. The first-order chi connectivity index (χ1) is 6.54.